The van der Waals surface area contributed by atoms with Crippen molar-refractivity contribution in [2.45, 2.75) is 12.2 Å². The number of methoxy groups -OCH3 is 1. The van der Waals surface area contributed by atoms with Crippen LogP contribution in [0.3, 0.4) is 0 Å². The number of carboxylic acid groups (broad SMARTS) is 1. The molecule has 1 amide bonds. The maximum absolute atomic E-state index is 12.5. The van der Waals surface area contributed by atoms with Gasteiger partial charge < -0.3 is 19.5 Å². The maximum Gasteiger partial charge on any atom is 0.312 e. The second kappa shape index (κ2) is 5.21. The molecule has 0 aliphatic carbocycles. The molecule has 0 unspecified atom stereocenters. The predicted octanol–water partition coefficient (Wildman–Crippen LogP) is 1.07. The highest BCUT2D eigenvalue weighted by Crippen LogP contribution is 2.34. The molecule has 1 aromatic rings. The van der Waals surface area contributed by atoms with E-state index in [0.29, 0.717) is 18.0 Å². The molecule has 6 nitrogen and oxygen atoms in total. The molecule has 4 rings (SSSR count). The first kappa shape index (κ1) is 13.6. The molecule has 1 saturated heterocycles. The number of amides is 1. The average Bonchev–Trinajstić information content (AvgIpc) is 2.42. The van der Waals surface area contributed by atoms with Gasteiger partial charge in [0.15, 0.2) is 6.10 Å². The van der Waals surface area contributed by atoms with E-state index in [1.54, 1.807) is 43.5 Å². The molecule has 0 saturated carbocycles. The van der Waals surface area contributed by atoms with Crippen molar-refractivity contribution in [3.63, 3.8) is 0 Å². The normalized spacial score (nSPS) is 29.1. The van der Waals surface area contributed by atoms with Crippen LogP contribution in [0.1, 0.15) is 0 Å². The molecule has 6 heteroatoms. The molecule has 1 N–H and O–H groups in total. The van der Waals surface area contributed by atoms with Gasteiger partial charge in [-0.2, -0.15) is 0 Å². The Balaban J connectivity index is 1.88. The number of benzene rings is 1. The van der Waals surface area contributed by atoms with Crippen molar-refractivity contribution in [2.24, 2.45) is 5.92 Å². The molecule has 2 bridgehead atoms. The Kier molecular flexibility index (Phi) is 3.39. The van der Waals surface area contributed by atoms with Crippen molar-refractivity contribution in [3.8, 4) is 5.75 Å². The first-order valence-electron chi connectivity index (χ1n) is 6.62. The highest BCUT2D eigenvalue weighted by molar-refractivity contribution is 6.00. The van der Waals surface area contributed by atoms with Gasteiger partial charge in [-0.15, -0.1) is 0 Å². The van der Waals surface area contributed by atoms with Crippen molar-refractivity contribution in [2.75, 3.05) is 18.6 Å². The van der Waals surface area contributed by atoms with E-state index in [1.807, 2.05) is 0 Å². The zero-order chi connectivity index (χ0) is 15.0. The number of carboxylic acids is 1. The monoisotopic (exact) mass is 289 g/mol. The molecule has 1 aromatic carbocycles. The molecule has 0 spiro atoms. The fourth-order valence-electron chi connectivity index (χ4n) is 2.61. The third kappa shape index (κ3) is 2.27. The third-order valence-electron chi connectivity index (χ3n) is 3.78. The van der Waals surface area contributed by atoms with Crippen LogP contribution in [0.5, 0.6) is 5.75 Å². The summed E-state index contributed by atoms with van der Waals surface area (Å²) < 4.78 is 10.5. The molecule has 3 heterocycles. The summed E-state index contributed by atoms with van der Waals surface area (Å²) in [4.78, 5) is 25.2. The minimum Gasteiger partial charge on any atom is -0.497 e. The smallest absolute Gasteiger partial charge is 0.312 e. The van der Waals surface area contributed by atoms with Crippen molar-refractivity contribution >= 4 is 17.6 Å². The standard InChI is InChI=1S/C15H15NO5/c1-20-10-6-4-9(5-7-10)16-8-2-3-11-12(15(18)19)13(21-11)14(16)17/h2-7,11-13H,8H2,1H3,(H,18,19)/b3-2-/t11-,12+,13-/m0/s1. The van der Waals surface area contributed by atoms with E-state index in [0.717, 1.165) is 0 Å². The van der Waals surface area contributed by atoms with E-state index in [-0.39, 0.29) is 5.91 Å². The molecular weight excluding hydrogens is 274 g/mol. The minimum atomic E-state index is -1.01. The number of carbonyl (C=O) groups is 2. The summed E-state index contributed by atoms with van der Waals surface area (Å²) >= 11 is 0. The average molecular weight is 289 g/mol. The van der Waals surface area contributed by atoms with E-state index in [4.69, 9.17) is 9.47 Å². The summed E-state index contributed by atoms with van der Waals surface area (Å²) in [5.74, 6) is -1.45. The highest BCUT2D eigenvalue weighted by atomic mass is 16.5. The summed E-state index contributed by atoms with van der Waals surface area (Å²) in [5.41, 5.74) is 0.684. The number of ether oxygens (including phenoxy) is 2. The van der Waals surface area contributed by atoms with Crippen LogP contribution in [0.4, 0.5) is 5.69 Å². The number of hydrogen-bond donors (Lipinski definition) is 1. The number of aliphatic carboxylic acids is 1. The van der Waals surface area contributed by atoms with Gasteiger partial charge in [0, 0.05) is 12.2 Å². The molecule has 0 aromatic heterocycles. The number of rotatable bonds is 3. The molecule has 3 aliphatic rings. The number of carbonyl (C=O) groups excluding carboxylic acids is 1. The second-order valence-electron chi connectivity index (χ2n) is 4.96. The first-order valence-corrected chi connectivity index (χ1v) is 6.62. The zero-order valence-corrected chi connectivity index (χ0v) is 11.4. The van der Waals surface area contributed by atoms with Crippen LogP contribution in [-0.2, 0) is 14.3 Å². The molecule has 21 heavy (non-hydrogen) atoms. The van der Waals surface area contributed by atoms with Crippen molar-refractivity contribution in [1.82, 2.24) is 0 Å². The molecule has 110 valence electrons. The van der Waals surface area contributed by atoms with E-state index in [1.165, 1.54) is 4.90 Å². The lowest BCUT2D eigenvalue weighted by atomic mass is 9.87. The lowest BCUT2D eigenvalue weighted by molar-refractivity contribution is -0.194. The maximum atomic E-state index is 12.5. The van der Waals surface area contributed by atoms with Gasteiger partial charge >= 0.3 is 5.97 Å². The number of hydrogen-bond acceptors (Lipinski definition) is 4. The zero-order valence-electron chi connectivity index (χ0n) is 11.4. The lowest BCUT2D eigenvalue weighted by Gasteiger charge is -2.43. The molecule has 3 atom stereocenters. The van der Waals surface area contributed by atoms with Crippen LogP contribution < -0.4 is 9.64 Å². The van der Waals surface area contributed by atoms with Crippen LogP contribution in [0.15, 0.2) is 36.4 Å². The van der Waals surface area contributed by atoms with Gasteiger partial charge in [0.2, 0.25) is 0 Å². The lowest BCUT2D eigenvalue weighted by Crippen LogP contribution is -2.60. The largest absolute Gasteiger partial charge is 0.497 e. The van der Waals surface area contributed by atoms with Crippen LogP contribution in [0.25, 0.3) is 0 Å². The van der Waals surface area contributed by atoms with Gasteiger partial charge in [-0.1, -0.05) is 12.2 Å². The van der Waals surface area contributed by atoms with E-state index in [2.05, 4.69) is 0 Å². The third-order valence-corrected chi connectivity index (χ3v) is 3.78. The Hall–Kier alpha value is -2.34. The second-order valence-corrected chi connectivity index (χ2v) is 4.96. The summed E-state index contributed by atoms with van der Waals surface area (Å²) in [6.45, 7) is 0.397. The number of fused-ring (bicyclic) bond motifs is 3. The topological polar surface area (TPSA) is 76.1 Å². The van der Waals surface area contributed by atoms with Gasteiger partial charge in [0.05, 0.1) is 13.2 Å². The summed E-state index contributed by atoms with van der Waals surface area (Å²) in [7, 11) is 1.57. The molecular formula is C15H15NO5. The van der Waals surface area contributed by atoms with E-state index >= 15 is 0 Å². The quantitative estimate of drug-likeness (QED) is 0.842. The Morgan fingerprint density at radius 3 is 2.71 bits per heavy atom. The van der Waals surface area contributed by atoms with Crippen LogP contribution in [-0.4, -0.2) is 42.8 Å². The Morgan fingerprint density at radius 2 is 2.10 bits per heavy atom. The van der Waals surface area contributed by atoms with Crippen molar-refractivity contribution in [3.05, 3.63) is 36.4 Å². The predicted molar refractivity (Wildman–Crippen MR) is 74.3 cm³/mol. The van der Waals surface area contributed by atoms with Crippen LogP contribution in [0, 0.1) is 5.92 Å². The number of nitrogens with zero attached hydrogens (tertiary/aromatic N) is 1. The van der Waals surface area contributed by atoms with E-state index in [9.17, 15) is 14.7 Å². The Labute approximate surface area is 121 Å². The minimum absolute atomic E-state index is 0.326. The molecule has 3 aliphatic heterocycles. The SMILES string of the molecule is COc1ccc(N2C/C=C\[C@@H]3O[C@H](C2=O)[C@@H]3C(=O)O)cc1. The van der Waals surface area contributed by atoms with Gasteiger partial charge in [-0.05, 0) is 24.3 Å². The summed E-state index contributed by atoms with van der Waals surface area (Å²) in [6.07, 6.45) is 2.05. The number of anilines is 1. The molecule has 0 radical (unpaired) electrons. The fourth-order valence-corrected chi connectivity index (χ4v) is 2.61. The summed E-state index contributed by atoms with van der Waals surface area (Å²) in [5, 5.41) is 9.20. The Morgan fingerprint density at radius 1 is 1.38 bits per heavy atom. The van der Waals surface area contributed by atoms with Gasteiger partial charge in [0.25, 0.3) is 5.91 Å². The van der Waals surface area contributed by atoms with Crippen molar-refractivity contribution < 1.29 is 24.2 Å². The van der Waals surface area contributed by atoms with Crippen molar-refractivity contribution in [1.29, 1.82) is 0 Å². The Bertz CT molecular complexity index is 595. The van der Waals surface area contributed by atoms with E-state index < -0.39 is 24.1 Å². The van der Waals surface area contributed by atoms with Crippen LogP contribution >= 0.6 is 0 Å². The first-order chi connectivity index (χ1) is 10.1. The van der Waals surface area contributed by atoms with Crippen LogP contribution in [0.2, 0.25) is 0 Å². The highest BCUT2D eigenvalue weighted by Gasteiger charge is 2.52. The molecule has 1 fully saturated rings. The summed E-state index contributed by atoms with van der Waals surface area (Å²) in [6, 6.07) is 7.03. The fraction of sp³-hybridized carbons (Fsp3) is 0.333. The van der Waals surface area contributed by atoms with Gasteiger partial charge in [-0.25, -0.2) is 0 Å². The van der Waals surface area contributed by atoms with Gasteiger partial charge in [0.1, 0.15) is 11.7 Å². The van der Waals surface area contributed by atoms with Gasteiger partial charge in [-0.3, -0.25) is 9.59 Å².